The number of carbonyl (C=O) groups is 2. The molecule has 2 bridgehead atoms. The molecule has 0 aliphatic heterocycles. The van der Waals surface area contributed by atoms with Crippen LogP contribution in [0, 0.1) is 11.8 Å². The van der Waals surface area contributed by atoms with Gasteiger partial charge in [-0.25, -0.2) is 0 Å². The summed E-state index contributed by atoms with van der Waals surface area (Å²) in [5.41, 5.74) is 7.02. The van der Waals surface area contributed by atoms with Crippen LogP contribution in [0.2, 0.25) is 0 Å². The van der Waals surface area contributed by atoms with Crippen LogP contribution in [-0.4, -0.2) is 59.4 Å². The summed E-state index contributed by atoms with van der Waals surface area (Å²) in [6.07, 6.45) is 14.8. The van der Waals surface area contributed by atoms with Gasteiger partial charge in [-0.15, -0.1) is 5.73 Å². The summed E-state index contributed by atoms with van der Waals surface area (Å²) in [5, 5.41) is 0. The highest BCUT2D eigenvalue weighted by atomic mass is 16.3. The first-order valence-electron chi connectivity index (χ1n) is 16.0. The van der Waals surface area contributed by atoms with E-state index in [0.717, 1.165) is 50.0 Å². The quantitative estimate of drug-likeness (QED) is 0.293. The SMILES string of the molecule is C/C1=C\C=C=Cc2cc(cn2C(=O)c2ccoc2)C[C@@H](N(C)C)C1C.CC.CC.CCCN(CCC)C(=O)[C@@H](C)CC. The maximum Gasteiger partial charge on any atom is 0.265 e. The number of hydrogen-bond donors (Lipinski definition) is 0. The van der Waals surface area contributed by atoms with Gasteiger partial charge < -0.3 is 14.2 Å². The molecule has 0 saturated heterocycles. The smallest absolute Gasteiger partial charge is 0.265 e. The second kappa shape index (κ2) is 21.6. The first kappa shape index (κ1) is 38.9. The van der Waals surface area contributed by atoms with Gasteiger partial charge >= 0.3 is 0 Å². The lowest BCUT2D eigenvalue weighted by atomic mass is 9.89. The number of allylic oxidation sites excluding steroid dienone is 2. The third-order valence-electron chi connectivity index (χ3n) is 7.30. The monoisotopic (exact) mass is 581 g/mol. The molecule has 2 heterocycles. The highest BCUT2D eigenvalue weighted by Gasteiger charge is 2.23. The van der Waals surface area contributed by atoms with Crippen molar-refractivity contribution in [2.45, 2.75) is 101 Å². The second-order valence-corrected chi connectivity index (χ2v) is 10.5. The van der Waals surface area contributed by atoms with Gasteiger partial charge in [0.2, 0.25) is 5.91 Å². The van der Waals surface area contributed by atoms with Crippen LogP contribution in [0.1, 0.15) is 110 Å². The van der Waals surface area contributed by atoms with Crippen LogP contribution in [0.4, 0.5) is 0 Å². The highest BCUT2D eigenvalue weighted by Crippen LogP contribution is 2.24. The van der Waals surface area contributed by atoms with Crippen molar-refractivity contribution in [3.05, 3.63) is 71.1 Å². The van der Waals surface area contributed by atoms with Gasteiger partial charge in [-0.3, -0.25) is 14.2 Å². The summed E-state index contributed by atoms with van der Waals surface area (Å²) >= 11 is 0. The number of fused-ring (bicyclic) bond motifs is 2. The zero-order chi connectivity index (χ0) is 32.2. The molecule has 0 saturated carbocycles. The number of rotatable bonds is 8. The molecule has 3 rings (SSSR count). The minimum absolute atomic E-state index is 0.0914. The fourth-order valence-electron chi connectivity index (χ4n) is 4.64. The van der Waals surface area contributed by atoms with Gasteiger partial charge in [-0.1, -0.05) is 74.0 Å². The molecular weight excluding hydrogens is 522 g/mol. The fraction of sp³-hybridized carbons (Fsp3) is 0.583. The van der Waals surface area contributed by atoms with Gasteiger partial charge in [0.05, 0.1) is 17.5 Å². The van der Waals surface area contributed by atoms with Gasteiger partial charge in [0.25, 0.3) is 5.91 Å². The molecule has 1 aliphatic carbocycles. The summed E-state index contributed by atoms with van der Waals surface area (Å²) in [6, 6.07) is 4.11. The molecule has 1 amide bonds. The first-order valence-corrected chi connectivity index (χ1v) is 16.0. The summed E-state index contributed by atoms with van der Waals surface area (Å²) in [4.78, 5) is 28.8. The van der Waals surface area contributed by atoms with E-state index < -0.39 is 0 Å². The normalized spacial score (nSPS) is 17.6. The maximum absolute atomic E-state index is 12.7. The number of likely N-dealkylation sites (N-methyl/N-ethyl adjacent to an activating group) is 1. The summed E-state index contributed by atoms with van der Waals surface area (Å²) in [7, 11) is 4.22. The molecule has 0 radical (unpaired) electrons. The van der Waals surface area contributed by atoms with E-state index in [1.165, 1.54) is 18.1 Å². The summed E-state index contributed by atoms with van der Waals surface area (Å²) in [5.74, 6) is 0.832. The van der Waals surface area contributed by atoms with Gasteiger partial charge in [0, 0.05) is 37.3 Å². The first-order chi connectivity index (χ1) is 20.1. The molecule has 3 atom stereocenters. The Morgan fingerprint density at radius 2 is 1.71 bits per heavy atom. The maximum atomic E-state index is 12.7. The standard InChI is InChI=1S/C21H24N2O2.C11H23NO.2C2H6/c1-15-7-5-6-8-19-11-17(12-20(16(15)2)22(3)4)13-23(19)21(24)18-9-10-25-14-18;1-5-8-12(9-6-2)11(13)10(4)7-3;2*1-2/h5,7-11,13-14,16,20H,12H2,1-4H3;10H,5-9H2,1-4H3;2*1-2H3/b15-7+;;;/t6?,16?,20-;10-;;/m10../s1. The molecule has 2 aromatic rings. The number of amides is 1. The van der Waals surface area contributed by atoms with Crippen LogP contribution in [0.25, 0.3) is 6.08 Å². The molecule has 6 nitrogen and oxygen atoms in total. The predicted octanol–water partition coefficient (Wildman–Crippen LogP) is 8.74. The topological polar surface area (TPSA) is 58.7 Å². The minimum atomic E-state index is -0.0914. The Kier molecular flexibility index (Phi) is 20.0. The van der Waals surface area contributed by atoms with Crippen molar-refractivity contribution in [2.24, 2.45) is 11.8 Å². The Labute approximate surface area is 257 Å². The van der Waals surface area contributed by atoms with Crippen LogP contribution in [-0.2, 0) is 11.2 Å². The molecule has 1 aliphatic rings. The van der Waals surface area contributed by atoms with Gasteiger partial charge in [-0.2, -0.15) is 0 Å². The van der Waals surface area contributed by atoms with E-state index in [1.54, 1.807) is 10.6 Å². The van der Waals surface area contributed by atoms with Gasteiger partial charge in [-0.05, 0) is 76.4 Å². The molecule has 0 N–H and O–H groups in total. The Morgan fingerprint density at radius 1 is 1.10 bits per heavy atom. The second-order valence-electron chi connectivity index (χ2n) is 10.5. The minimum Gasteiger partial charge on any atom is -0.472 e. The number of hydrogen-bond acceptors (Lipinski definition) is 4. The third kappa shape index (κ3) is 12.0. The fourth-order valence-corrected chi connectivity index (χ4v) is 4.64. The van der Waals surface area contributed by atoms with Crippen molar-refractivity contribution in [2.75, 3.05) is 27.2 Å². The van der Waals surface area contributed by atoms with Crippen LogP contribution in [0.15, 0.2) is 58.7 Å². The lowest BCUT2D eigenvalue weighted by Gasteiger charge is -2.30. The molecule has 0 fully saturated rings. The Bertz CT molecular complexity index is 1110. The van der Waals surface area contributed by atoms with Crippen molar-refractivity contribution in [3.63, 3.8) is 0 Å². The Balaban J connectivity index is 0.000000841. The average molecular weight is 582 g/mol. The Morgan fingerprint density at radius 3 is 2.21 bits per heavy atom. The number of carbonyl (C=O) groups excluding carboxylic acids is 2. The van der Waals surface area contributed by atoms with Crippen molar-refractivity contribution in [3.8, 4) is 0 Å². The predicted molar refractivity (Wildman–Crippen MR) is 179 cm³/mol. The molecule has 42 heavy (non-hydrogen) atoms. The lowest BCUT2D eigenvalue weighted by molar-refractivity contribution is -0.135. The van der Waals surface area contributed by atoms with Crippen molar-refractivity contribution < 1.29 is 14.0 Å². The van der Waals surface area contributed by atoms with Crippen LogP contribution in [0.3, 0.4) is 0 Å². The summed E-state index contributed by atoms with van der Waals surface area (Å²) in [6.45, 7) is 22.6. The molecule has 236 valence electrons. The van der Waals surface area contributed by atoms with Crippen LogP contribution in [0.5, 0.6) is 0 Å². The third-order valence-corrected chi connectivity index (χ3v) is 7.30. The molecule has 1 unspecified atom stereocenters. The van der Waals surface area contributed by atoms with E-state index >= 15 is 0 Å². The molecule has 6 heteroatoms. The molecule has 0 aromatic carbocycles. The summed E-state index contributed by atoms with van der Waals surface area (Å²) < 4.78 is 6.73. The van der Waals surface area contributed by atoms with E-state index in [9.17, 15) is 9.59 Å². The van der Waals surface area contributed by atoms with Gasteiger partial charge in [0.1, 0.15) is 6.26 Å². The molecule has 0 spiro atoms. The molecular formula is C36H59N3O3. The van der Waals surface area contributed by atoms with Gasteiger partial charge in [0.15, 0.2) is 0 Å². The van der Waals surface area contributed by atoms with Crippen LogP contribution >= 0.6 is 0 Å². The number of furan rings is 1. The van der Waals surface area contributed by atoms with Crippen molar-refractivity contribution in [1.82, 2.24) is 14.4 Å². The average Bonchev–Trinajstić information content (AvgIpc) is 3.68. The Hall–Kier alpha value is -3.08. The van der Waals surface area contributed by atoms with E-state index in [4.69, 9.17) is 4.42 Å². The van der Waals surface area contributed by atoms with Crippen LogP contribution < -0.4 is 0 Å². The van der Waals surface area contributed by atoms with E-state index in [-0.39, 0.29) is 11.8 Å². The highest BCUT2D eigenvalue weighted by molar-refractivity contribution is 5.97. The van der Waals surface area contributed by atoms with E-state index in [0.29, 0.717) is 23.4 Å². The largest absolute Gasteiger partial charge is 0.472 e. The number of nitrogens with zero attached hydrogens (tertiary/aromatic N) is 3. The number of aromatic nitrogens is 1. The van der Waals surface area contributed by atoms with Crippen molar-refractivity contribution in [1.29, 1.82) is 0 Å². The lowest BCUT2D eigenvalue weighted by Crippen LogP contribution is -2.36. The van der Waals surface area contributed by atoms with E-state index in [2.05, 4.69) is 71.5 Å². The zero-order valence-electron chi connectivity index (χ0n) is 28.7. The molecule has 2 aromatic heterocycles. The van der Waals surface area contributed by atoms with Crippen molar-refractivity contribution >= 4 is 17.9 Å². The van der Waals surface area contributed by atoms with E-state index in [1.807, 2.05) is 57.9 Å². The zero-order valence-corrected chi connectivity index (χ0v) is 28.7.